The predicted octanol–water partition coefficient (Wildman–Crippen LogP) is 1.79. The molecule has 1 aromatic carbocycles. The second-order valence-electron chi connectivity index (χ2n) is 6.49. The van der Waals surface area contributed by atoms with Crippen molar-refractivity contribution in [2.45, 2.75) is 31.2 Å². The fourth-order valence-corrected chi connectivity index (χ4v) is 3.31. The van der Waals surface area contributed by atoms with E-state index in [1.165, 1.54) is 10.5 Å². The maximum atomic E-state index is 12.5. The lowest BCUT2D eigenvalue weighted by molar-refractivity contribution is -0.143. The standard InChI is InChI=1S/C17H23F3N4O/c1-21-16(23-13-6-7-24(10-13)11-17(18,19)20)22-9-14-8-12-4-2-3-5-15(12)25-14/h2-5,13-14H,6-11H2,1H3,(H2,21,22,23). The SMILES string of the molecule is CN=C(NCC1Cc2ccccc2O1)NC1CCN(CC(F)(F)F)C1. The van der Waals surface area contributed by atoms with Gasteiger partial charge in [0.2, 0.25) is 0 Å². The van der Waals surface area contributed by atoms with Gasteiger partial charge in [-0.1, -0.05) is 18.2 Å². The number of hydrogen-bond acceptors (Lipinski definition) is 3. The fourth-order valence-electron chi connectivity index (χ4n) is 3.31. The van der Waals surface area contributed by atoms with Crippen LogP contribution in [0.2, 0.25) is 0 Å². The van der Waals surface area contributed by atoms with Crippen molar-refractivity contribution in [3.8, 4) is 5.75 Å². The quantitative estimate of drug-likeness (QED) is 0.638. The van der Waals surface area contributed by atoms with Crippen molar-refractivity contribution in [2.24, 2.45) is 4.99 Å². The molecule has 0 aliphatic carbocycles. The van der Waals surface area contributed by atoms with Crippen LogP contribution in [0, 0.1) is 0 Å². The maximum absolute atomic E-state index is 12.5. The summed E-state index contributed by atoms with van der Waals surface area (Å²) in [5.74, 6) is 1.51. The number of alkyl halides is 3. The first kappa shape index (κ1) is 17.8. The van der Waals surface area contributed by atoms with E-state index in [0.717, 1.165) is 12.2 Å². The van der Waals surface area contributed by atoms with Crippen LogP contribution >= 0.6 is 0 Å². The number of guanidine groups is 1. The normalized spacial score (nSPS) is 24.1. The molecule has 2 unspecified atom stereocenters. The van der Waals surface area contributed by atoms with E-state index in [2.05, 4.69) is 21.7 Å². The van der Waals surface area contributed by atoms with Crippen molar-refractivity contribution in [1.82, 2.24) is 15.5 Å². The molecule has 5 nitrogen and oxygen atoms in total. The van der Waals surface area contributed by atoms with Crippen molar-refractivity contribution in [3.05, 3.63) is 29.8 Å². The number of halogens is 3. The molecule has 2 aliphatic heterocycles. The molecule has 2 N–H and O–H groups in total. The number of fused-ring (bicyclic) bond motifs is 1. The Balaban J connectivity index is 1.42. The van der Waals surface area contributed by atoms with Gasteiger partial charge in [0.05, 0.1) is 13.1 Å². The van der Waals surface area contributed by atoms with E-state index in [4.69, 9.17) is 4.74 Å². The van der Waals surface area contributed by atoms with Gasteiger partial charge in [-0.15, -0.1) is 0 Å². The van der Waals surface area contributed by atoms with Crippen LogP contribution in [-0.2, 0) is 6.42 Å². The second-order valence-corrected chi connectivity index (χ2v) is 6.49. The smallest absolute Gasteiger partial charge is 0.401 e. The zero-order valence-corrected chi connectivity index (χ0v) is 14.1. The zero-order chi connectivity index (χ0) is 17.9. The minimum Gasteiger partial charge on any atom is -0.488 e. The van der Waals surface area contributed by atoms with Gasteiger partial charge in [0.25, 0.3) is 0 Å². The fraction of sp³-hybridized carbons (Fsp3) is 0.588. The molecule has 0 radical (unpaired) electrons. The lowest BCUT2D eigenvalue weighted by Gasteiger charge is -2.20. The minimum atomic E-state index is -4.15. The van der Waals surface area contributed by atoms with E-state index in [9.17, 15) is 13.2 Å². The first-order chi connectivity index (χ1) is 11.9. The summed E-state index contributed by atoms with van der Waals surface area (Å²) in [4.78, 5) is 5.58. The number of hydrogen-bond donors (Lipinski definition) is 2. The van der Waals surface area contributed by atoms with Crippen LogP contribution in [0.5, 0.6) is 5.75 Å². The first-order valence-corrected chi connectivity index (χ1v) is 8.44. The molecule has 25 heavy (non-hydrogen) atoms. The van der Waals surface area contributed by atoms with Gasteiger partial charge in [0, 0.05) is 32.6 Å². The van der Waals surface area contributed by atoms with Gasteiger partial charge in [0.1, 0.15) is 11.9 Å². The Labute approximate surface area is 145 Å². The van der Waals surface area contributed by atoms with Crippen molar-refractivity contribution >= 4 is 5.96 Å². The summed E-state index contributed by atoms with van der Waals surface area (Å²) in [5, 5.41) is 6.41. The Hall–Kier alpha value is -1.96. The molecule has 1 fully saturated rings. The molecule has 0 amide bonds. The highest BCUT2D eigenvalue weighted by Gasteiger charge is 2.34. The van der Waals surface area contributed by atoms with Gasteiger partial charge in [-0.2, -0.15) is 13.2 Å². The molecule has 2 atom stereocenters. The molecule has 0 aromatic heterocycles. The van der Waals surface area contributed by atoms with Gasteiger partial charge >= 0.3 is 6.18 Å². The third-order valence-electron chi connectivity index (χ3n) is 4.45. The van der Waals surface area contributed by atoms with Crippen LogP contribution in [0.3, 0.4) is 0 Å². The summed E-state index contributed by atoms with van der Waals surface area (Å²) in [6.45, 7) is 0.541. The molecular formula is C17H23F3N4O. The molecule has 3 rings (SSSR count). The Morgan fingerprint density at radius 2 is 2.16 bits per heavy atom. The molecule has 0 saturated carbocycles. The van der Waals surface area contributed by atoms with Crippen molar-refractivity contribution in [3.63, 3.8) is 0 Å². The lowest BCUT2D eigenvalue weighted by atomic mass is 10.1. The highest BCUT2D eigenvalue weighted by molar-refractivity contribution is 5.80. The first-order valence-electron chi connectivity index (χ1n) is 8.44. The number of nitrogens with one attached hydrogen (secondary N) is 2. The van der Waals surface area contributed by atoms with Gasteiger partial charge in [0.15, 0.2) is 5.96 Å². The van der Waals surface area contributed by atoms with E-state index in [1.807, 2.05) is 18.2 Å². The van der Waals surface area contributed by atoms with Crippen LogP contribution in [0.15, 0.2) is 29.3 Å². The third-order valence-corrected chi connectivity index (χ3v) is 4.45. The zero-order valence-electron chi connectivity index (χ0n) is 14.1. The predicted molar refractivity (Wildman–Crippen MR) is 90.0 cm³/mol. The molecule has 1 aromatic rings. The number of benzene rings is 1. The molecular weight excluding hydrogens is 333 g/mol. The average molecular weight is 356 g/mol. The molecule has 2 aliphatic rings. The summed E-state index contributed by atoms with van der Waals surface area (Å²) in [7, 11) is 1.65. The summed E-state index contributed by atoms with van der Waals surface area (Å²) in [6.07, 6.45) is -2.62. The minimum absolute atomic E-state index is 0.0289. The van der Waals surface area contributed by atoms with E-state index >= 15 is 0 Å². The summed E-state index contributed by atoms with van der Waals surface area (Å²) < 4.78 is 43.2. The number of nitrogens with zero attached hydrogens (tertiary/aromatic N) is 2. The van der Waals surface area contributed by atoms with Crippen LogP contribution in [0.25, 0.3) is 0 Å². The molecule has 8 heteroatoms. The van der Waals surface area contributed by atoms with Crippen LogP contribution in [-0.4, -0.2) is 62.4 Å². The summed E-state index contributed by atoms with van der Waals surface area (Å²) in [6, 6.07) is 7.91. The topological polar surface area (TPSA) is 48.9 Å². The number of rotatable bonds is 4. The lowest BCUT2D eigenvalue weighted by Crippen LogP contribution is -2.47. The van der Waals surface area contributed by atoms with Crippen molar-refractivity contribution in [1.29, 1.82) is 0 Å². The van der Waals surface area contributed by atoms with Crippen molar-refractivity contribution in [2.75, 3.05) is 33.2 Å². The number of aliphatic imine (C=N–C) groups is 1. The molecule has 138 valence electrons. The number of ether oxygens (including phenoxy) is 1. The molecule has 0 bridgehead atoms. The Morgan fingerprint density at radius 1 is 1.36 bits per heavy atom. The molecule has 2 heterocycles. The van der Waals surface area contributed by atoms with Crippen molar-refractivity contribution < 1.29 is 17.9 Å². The average Bonchev–Trinajstić information content (AvgIpc) is 3.15. The van der Waals surface area contributed by atoms with Gasteiger partial charge in [-0.3, -0.25) is 9.89 Å². The Morgan fingerprint density at radius 3 is 2.88 bits per heavy atom. The van der Waals surface area contributed by atoms with Gasteiger partial charge in [-0.25, -0.2) is 0 Å². The van der Waals surface area contributed by atoms with Crippen LogP contribution < -0.4 is 15.4 Å². The van der Waals surface area contributed by atoms with Crippen LogP contribution in [0.4, 0.5) is 13.2 Å². The monoisotopic (exact) mass is 356 g/mol. The third kappa shape index (κ3) is 5.01. The maximum Gasteiger partial charge on any atom is 0.401 e. The Kier molecular flexibility index (Phi) is 5.36. The molecule has 0 spiro atoms. The van der Waals surface area contributed by atoms with E-state index in [0.29, 0.717) is 32.0 Å². The second kappa shape index (κ2) is 7.51. The van der Waals surface area contributed by atoms with Gasteiger partial charge < -0.3 is 15.4 Å². The number of para-hydroxylation sites is 1. The summed E-state index contributed by atoms with van der Waals surface area (Å²) >= 11 is 0. The van der Waals surface area contributed by atoms with Gasteiger partial charge in [-0.05, 0) is 18.1 Å². The van der Waals surface area contributed by atoms with E-state index in [1.54, 1.807) is 7.05 Å². The Bertz CT molecular complexity index is 595. The highest BCUT2D eigenvalue weighted by Crippen LogP contribution is 2.27. The van der Waals surface area contributed by atoms with Crippen LogP contribution in [0.1, 0.15) is 12.0 Å². The van der Waals surface area contributed by atoms with E-state index in [-0.39, 0.29) is 12.1 Å². The van der Waals surface area contributed by atoms with E-state index < -0.39 is 12.7 Å². The number of likely N-dealkylation sites (tertiary alicyclic amines) is 1. The highest BCUT2D eigenvalue weighted by atomic mass is 19.4. The molecule has 1 saturated heterocycles. The summed E-state index contributed by atoms with van der Waals surface area (Å²) in [5.41, 5.74) is 1.19. The largest absolute Gasteiger partial charge is 0.488 e.